The Balaban J connectivity index is 0.00000242. The van der Waals surface area contributed by atoms with Crippen LogP contribution in [-0.2, 0) is 0 Å². The fraction of sp³-hybridized carbons (Fsp3) is 0.353. The Kier molecular flexibility index (Phi) is 6.21. The summed E-state index contributed by atoms with van der Waals surface area (Å²) in [5.41, 5.74) is 10.5. The molecule has 0 aliphatic carbocycles. The van der Waals surface area contributed by atoms with Gasteiger partial charge in [0, 0.05) is 29.7 Å². The summed E-state index contributed by atoms with van der Waals surface area (Å²) in [6, 6.07) is 10.2. The standard InChI is InChI=1S/C17H23N3O.ClH/c1-11-6-5-7-15(8-11)20-13(3)9-16(14(20)4)17(21)19-12(2)10-18;/h5-9,12H,10,18H2,1-4H3,(H,19,21);1H/t12-;/m0./s1. The van der Waals surface area contributed by atoms with Crippen molar-refractivity contribution in [1.82, 2.24) is 9.88 Å². The first-order valence-corrected chi connectivity index (χ1v) is 7.21. The molecule has 1 amide bonds. The molecule has 1 heterocycles. The number of amides is 1. The van der Waals surface area contributed by atoms with Crippen LogP contribution in [0.5, 0.6) is 0 Å². The Labute approximate surface area is 138 Å². The molecule has 120 valence electrons. The van der Waals surface area contributed by atoms with E-state index < -0.39 is 0 Å². The number of nitrogens with one attached hydrogen (secondary N) is 1. The van der Waals surface area contributed by atoms with Gasteiger partial charge in [0.15, 0.2) is 0 Å². The highest BCUT2D eigenvalue weighted by molar-refractivity contribution is 5.96. The Morgan fingerprint density at radius 3 is 2.55 bits per heavy atom. The van der Waals surface area contributed by atoms with Gasteiger partial charge in [-0.2, -0.15) is 0 Å². The number of aryl methyl sites for hydroxylation is 2. The lowest BCUT2D eigenvalue weighted by molar-refractivity contribution is 0.0940. The summed E-state index contributed by atoms with van der Waals surface area (Å²) in [7, 11) is 0. The van der Waals surface area contributed by atoms with Gasteiger partial charge in [-0.3, -0.25) is 4.79 Å². The number of carbonyl (C=O) groups is 1. The first kappa shape index (κ1) is 18.3. The second-order valence-corrected chi connectivity index (χ2v) is 5.57. The van der Waals surface area contributed by atoms with E-state index in [-0.39, 0.29) is 24.4 Å². The van der Waals surface area contributed by atoms with E-state index in [9.17, 15) is 4.79 Å². The van der Waals surface area contributed by atoms with Crippen molar-refractivity contribution in [3.05, 3.63) is 52.8 Å². The molecule has 0 bridgehead atoms. The molecule has 2 aromatic rings. The molecule has 3 N–H and O–H groups in total. The average molecular weight is 322 g/mol. The lowest BCUT2D eigenvalue weighted by Gasteiger charge is -2.12. The zero-order valence-corrected chi connectivity index (χ0v) is 14.3. The first-order chi connectivity index (χ1) is 9.93. The molecule has 1 aromatic heterocycles. The number of nitrogens with zero attached hydrogens (tertiary/aromatic N) is 1. The van der Waals surface area contributed by atoms with Crippen molar-refractivity contribution in [2.24, 2.45) is 5.73 Å². The molecule has 0 saturated heterocycles. The normalized spacial score (nSPS) is 11.7. The topological polar surface area (TPSA) is 60.0 Å². The Morgan fingerprint density at radius 1 is 1.27 bits per heavy atom. The van der Waals surface area contributed by atoms with E-state index in [0.717, 1.165) is 17.1 Å². The second kappa shape index (κ2) is 7.47. The maximum atomic E-state index is 12.3. The highest BCUT2D eigenvalue weighted by Crippen LogP contribution is 2.21. The van der Waals surface area contributed by atoms with E-state index in [1.807, 2.05) is 32.9 Å². The molecule has 0 aliphatic rings. The third-order valence-corrected chi connectivity index (χ3v) is 3.67. The minimum atomic E-state index is -0.0695. The summed E-state index contributed by atoms with van der Waals surface area (Å²) >= 11 is 0. The summed E-state index contributed by atoms with van der Waals surface area (Å²) in [5, 5.41) is 2.91. The van der Waals surface area contributed by atoms with E-state index in [1.54, 1.807) is 0 Å². The van der Waals surface area contributed by atoms with Crippen LogP contribution >= 0.6 is 12.4 Å². The molecule has 1 atom stereocenters. The molecule has 0 aliphatic heterocycles. The summed E-state index contributed by atoms with van der Waals surface area (Å²) in [6.07, 6.45) is 0. The largest absolute Gasteiger partial charge is 0.348 e. The van der Waals surface area contributed by atoms with Gasteiger partial charge in [-0.05, 0) is 51.5 Å². The summed E-state index contributed by atoms with van der Waals surface area (Å²) in [6.45, 7) is 8.38. The van der Waals surface area contributed by atoms with E-state index in [1.165, 1.54) is 5.56 Å². The number of benzene rings is 1. The molecule has 2 rings (SSSR count). The van der Waals surface area contributed by atoms with Crippen LogP contribution in [-0.4, -0.2) is 23.1 Å². The van der Waals surface area contributed by atoms with Crippen molar-refractivity contribution in [2.45, 2.75) is 33.7 Å². The molecule has 22 heavy (non-hydrogen) atoms. The molecular formula is C17H24ClN3O. The van der Waals surface area contributed by atoms with Crippen LogP contribution in [0.25, 0.3) is 5.69 Å². The molecular weight excluding hydrogens is 298 g/mol. The van der Waals surface area contributed by atoms with Crippen LogP contribution in [0, 0.1) is 20.8 Å². The molecule has 1 aromatic carbocycles. The van der Waals surface area contributed by atoms with Crippen molar-refractivity contribution in [3.8, 4) is 5.69 Å². The van der Waals surface area contributed by atoms with Crippen LogP contribution in [0.15, 0.2) is 30.3 Å². The van der Waals surface area contributed by atoms with Gasteiger partial charge in [0.1, 0.15) is 0 Å². The number of aromatic nitrogens is 1. The molecule has 0 radical (unpaired) electrons. The van der Waals surface area contributed by atoms with E-state index >= 15 is 0 Å². The zero-order valence-electron chi connectivity index (χ0n) is 13.5. The van der Waals surface area contributed by atoms with Crippen LogP contribution < -0.4 is 11.1 Å². The van der Waals surface area contributed by atoms with Crippen LogP contribution in [0.1, 0.15) is 34.2 Å². The lowest BCUT2D eigenvalue weighted by Crippen LogP contribution is -2.37. The van der Waals surface area contributed by atoms with Crippen LogP contribution in [0.4, 0.5) is 0 Å². The molecule has 0 unspecified atom stereocenters. The van der Waals surface area contributed by atoms with Gasteiger partial charge in [-0.15, -0.1) is 12.4 Å². The second-order valence-electron chi connectivity index (χ2n) is 5.57. The predicted octanol–water partition coefficient (Wildman–Crippen LogP) is 2.90. The van der Waals surface area contributed by atoms with Crippen molar-refractivity contribution in [2.75, 3.05) is 6.54 Å². The summed E-state index contributed by atoms with van der Waals surface area (Å²) in [5.74, 6) is -0.0695. The SMILES string of the molecule is Cc1cccc(-n2c(C)cc(C(=O)N[C@@H](C)CN)c2C)c1.Cl. The van der Waals surface area contributed by atoms with E-state index in [4.69, 9.17) is 5.73 Å². The first-order valence-electron chi connectivity index (χ1n) is 7.21. The van der Waals surface area contributed by atoms with Gasteiger partial charge >= 0.3 is 0 Å². The van der Waals surface area contributed by atoms with Gasteiger partial charge < -0.3 is 15.6 Å². The van der Waals surface area contributed by atoms with Gasteiger partial charge in [0.2, 0.25) is 0 Å². The summed E-state index contributed by atoms with van der Waals surface area (Å²) < 4.78 is 2.11. The monoisotopic (exact) mass is 321 g/mol. The molecule has 0 fully saturated rings. The van der Waals surface area contributed by atoms with Crippen molar-refractivity contribution < 1.29 is 4.79 Å². The molecule has 4 nitrogen and oxygen atoms in total. The predicted molar refractivity (Wildman–Crippen MR) is 93.2 cm³/mol. The highest BCUT2D eigenvalue weighted by Gasteiger charge is 2.17. The molecule has 0 saturated carbocycles. The number of nitrogens with two attached hydrogens (primary N) is 1. The minimum Gasteiger partial charge on any atom is -0.348 e. The van der Waals surface area contributed by atoms with Gasteiger partial charge in [-0.1, -0.05) is 12.1 Å². The van der Waals surface area contributed by atoms with Crippen molar-refractivity contribution >= 4 is 18.3 Å². The fourth-order valence-corrected chi connectivity index (χ4v) is 2.52. The summed E-state index contributed by atoms with van der Waals surface area (Å²) in [4.78, 5) is 12.3. The number of halogens is 1. The van der Waals surface area contributed by atoms with Gasteiger partial charge in [0.05, 0.1) is 5.56 Å². The van der Waals surface area contributed by atoms with Crippen LogP contribution in [0.3, 0.4) is 0 Å². The van der Waals surface area contributed by atoms with Crippen LogP contribution in [0.2, 0.25) is 0 Å². The quantitative estimate of drug-likeness (QED) is 0.909. The highest BCUT2D eigenvalue weighted by atomic mass is 35.5. The number of rotatable bonds is 4. The maximum absolute atomic E-state index is 12.3. The van der Waals surface area contributed by atoms with Crippen molar-refractivity contribution in [1.29, 1.82) is 0 Å². The van der Waals surface area contributed by atoms with Gasteiger partial charge in [-0.25, -0.2) is 0 Å². The Morgan fingerprint density at radius 2 is 1.95 bits per heavy atom. The smallest absolute Gasteiger partial charge is 0.253 e. The molecule has 0 spiro atoms. The number of carbonyl (C=O) groups excluding carboxylic acids is 1. The van der Waals surface area contributed by atoms with E-state index in [0.29, 0.717) is 12.1 Å². The zero-order chi connectivity index (χ0) is 15.6. The third kappa shape index (κ3) is 3.70. The third-order valence-electron chi connectivity index (χ3n) is 3.67. The number of hydrogen-bond donors (Lipinski definition) is 2. The van der Waals surface area contributed by atoms with E-state index in [2.05, 4.69) is 35.0 Å². The molecule has 5 heteroatoms. The minimum absolute atomic E-state index is 0. The number of hydrogen-bond acceptors (Lipinski definition) is 2. The maximum Gasteiger partial charge on any atom is 0.253 e. The Bertz CT molecular complexity index is 664. The average Bonchev–Trinajstić information content (AvgIpc) is 2.74. The lowest BCUT2D eigenvalue weighted by atomic mass is 10.2. The fourth-order valence-electron chi connectivity index (χ4n) is 2.52. The Hall–Kier alpha value is -1.78. The van der Waals surface area contributed by atoms with Crippen molar-refractivity contribution in [3.63, 3.8) is 0 Å². The van der Waals surface area contributed by atoms with Gasteiger partial charge in [0.25, 0.3) is 5.91 Å².